The average molecular weight is 1470 g/mol. The van der Waals surface area contributed by atoms with Crippen LogP contribution in [0.5, 0.6) is 11.5 Å². The normalized spacial score (nSPS) is 16.8. The van der Waals surface area contributed by atoms with Gasteiger partial charge in [0.05, 0.1) is 128 Å². The predicted molar refractivity (Wildman–Crippen MR) is 417 cm³/mol. The van der Waals surface area contributed by atoms with Crippen LogP contribution in [0.15, 0.2) is 127 Å². The third-order valence-electron chi connectivity index (χ3n) is 21.1. The number of carbonyl (C=O) groups is 3. The molecule has 5 aliphatic rings. The van der Waals surface area contributed by atoms with Crippen LogP contribution in [0.2, 0.25) is 5.15 Å². The minimum atomic E-state index is -0.425. The molecule has 107 heavy (non-hydrogen) atoms. The van der Waals surface area contributed by atoms with Crippen LogP contribution in [-0.2, 0) is 62.6 Å². The fraction of sp³-hybridized carbons (Fsp3) is 0.444. The van der Waals surface area contributed by atoms with E-state index in [0.29, 0.717) is 55.4 Å². The number of aromatic nitrogens is 13. The van der Waals surface area contributed by atoms with Gasteiger partial charge in [-0.05, 0) is 201 Å². The summed E-state index contributed by atoms with van der Waals surface area (Å²) in [5.74, 6) is 2.91. The number of nitrogens with zero attached hydrogens (tertiary/aromatic N) is 17. The SMILES string of the molecule is C.CC1=NCc2ncc(-c3cncc(CC(=O)C4CCN(C)CC4)n3)cc21.CN1CCC(C(=O)Cc2cncc(Cl)n2)CC1.COc1ccc(Cn2nc(C)c3cc(-c4cncc(CC(=O)C5CCN(C)CC5)n4)cnc32)cc1.COc1ccc(Cn2nc(C)c3cc(B4OC(C)(C)C(C)(C)O4)cnc32)cc1. The highest BCUT2D eigenvalue weighted by molar-refractivity contribution is 6.62. The Bertz CT molecular complexity index is 4760. The Morgan fingerprint density at radius 1 is 0.523 bits per heavy atom. The van der Waals surface area contributed by atoms with Gasteiger partial charge in [0.25, 0.3) is 0 Å². The number of halogens is 1. The number of fused-ring (bicyclic) bond motifs is 3. The molecule has 0 saturated carbocycles. The fourth-order valence-corrected chi connectivity index (χ4v) is 13.9. The number of ketones is 3. The Morgan fingerprint density at radius 3 is 1.36 bits per heavy atom. The zero-order chi connectivity index (χ0) is 74.8. The number of aliphatic imine (C=N–C) groups is 1. The van der Waals surface area contributed by atoms with Gasteiger partial charge < -0.3 is 33.5 Å². The van der Waals surface area contributed by atoms with Crippen LogP contribution in [0.3, 0.4) is 0 Å². The zero-order valence-electron chi connectivity index (χ0n) is 62.9. The van der Waals surface area contributed by atoms with Gasteiger partial charge >= 0.3 is 7.12 Å². The standard InChI is InChI=1S/C27H30N6O2.C21H26BN3O3.C20H23N5O.C12H16ClN3O.CH4/c1-18-24-12-21(14-29-27(24)33(31-18)17-19-4-6-23(35-3)7-5-19)25-16-28-15-22(30-25)13-26(34)20-8-10-32(2)11-9-20;1-14-18-11-16(22-27-20(2,3)21(4,5)28-22)12-23-19(18)25(24-14)13-15-7-9-17(26-6)10-8-15;1-13-17-7-15(9-23-19(17)12-22-13)18-11-21-10-16(24-18)8-20(26)14-3-5-25(2)6-4-14;1-16-4-2-9(3-5-16)11(17)6-10-7-14-8-12(13)15-10;/h4-7,12,14-16,20H,8-11,13,17H2,1-3H3;7-12H,13H2,1-6H3;7,9-11,14H,3-6,8,12H2,1-2H3;7-9H,2-6H2,1H3;1H4. The molecule has 0 atom stereocenters. The first-order valence-corrected chi connectivity index (χ1v) is 36.8. The molecule has 5 aliphatic heterocycles. The molecule has 560 valence electrons. The number of pyridine rings is 3. The van der Waals surface area contributed by atoms with E-state index in [-0.39, 0.29) is 53.7 Å². The van der Waals surface area contributed by atoms with Crippen molar-refractivity contribution in [2.45, 2.75) is 145 Å². The van der Waals surface area contributed by atoms with E-state index in [1.54, 1.807) is 51.4 Å². The van der Waals surface area contributed by atoms with Gasteiger partial charge in [0.15, 0.2) is 11.3 Å². The van der Waals surface area contributed by atoms with Gasteiger partial charge in [-0.3, -0.25) is 39.3 Å². The molecule has 26 heteroatoms. The monoisotopic (exact) mass is 1470 g/mol. The number of benzene rings is 2. The predicted octanol–water partition coefficient (Wildman–Crippen LogP) is 11.3. The van der Waals surface area contributed by atoms with E-state index in [4.69, 9.17) is 50.5 Å². The molecule has 13 heterocycles. The van der Waals surface area contributed by atoms with Crippen LogP contribution < -0.4 is 14.9 Å². The van der Waals surface area contributed by atoms with Crippen LogP contribution in [0.4, 0.5) is 0 Å². The van der Waals surface area contributed by atoms with Crippen molar-refractivity contribution in [1.29, 1.82) is 0 Å². The lowest BCUT2D eigenvalue weighted by molar-refractivity contribution is -0.124. The Kier molecular flexibility index (Phi) is 25.7. The Hall–Kier alpha value is -9.50. The number of hydrogen-bond donors (Lipinski definition) is 0. The van der Waals surface area contributed by atoms with Crippen molar-refractivity contribution < 1.29 is 33.2 Å². The van der Waals surface area contributed by atoms with Crippen molar-refractivity contribution in [1.82, 2.24) is 79.1 Å². The lowest BCUT2D eigenvalue weighted by Crippen LogP contribution is -2.41. The minimum Gasteiger partial charge on any atom is -0.497 e. The van der Waals surface area contributed by atoms with E-state index in [9.17, 15) is 14.4 Å². The van der Waals surface area contributed by atoms with Crippen LogP contribution in [0.25, 0.3) is 44.6 Å². The Labute approximate surface area is 632 Å². The maximum Gasteiger partial charge on any atom is 0.496 e. The van der Waals surface area contributed by atoms with Crippen molar-refractivity contribution >= 4 is 69.3 Å². The molecule has 0 radical (unpaired) electrons. The summed E-state index contributed by atoms with van der Waals surface area (Å²) in [5.41, 5.74) is 14.4. The first kappa shape index (κ1) is 78.6. The number of piperidine rings is 3. The second-order valence-electron chi connectivity index (χ2n) is 29.4. The summed E-state index contributed by atoms with van der Waals surface area (Å²) >= 11 is 5.74. The minimum absolute atomic E-state index is 0. The second kappa shape index (κ2) is 35.0. The van der Waals surface area contributed by atoms with Crippen LogP contribution >= 0.6 is 11.6 Å². The Morgan fingerprint density at radius 2 is 0.925 bits per heavy atom. The number of aryl methyl sites for hydroxylation is 2. The largest absolute Gasteiger partial charge is 0.497 e. The highest BCUT2D eigenvalue weighted by atomic mass is 35.5. The topological polar surface area (TPSA) is 262 Å². The summed E-state index contributed by atoms with van der Waals surface area (Å²) in [6.07, 6.45) is 22.0. The number of hydrogen-bond acceptors (Lipinski definition) is 22. The number of ether oxygens (including phenoxy) is 2. The molecule has 10 aromatic rings. The van der Waals surface area contributed by atoms with Gasteiger partial charge in [0, 0.05) is 93.6 Å². The quantitative estimate of drug-likeness (QED) is 0.0723. The molecule has 0 unspecified atom stereocenters. The molecule has 4 fully saturated rings. The van der Waals surface area contributed by atoms with E-state index >= 15 is 0 Å². The van der Waals surface area contributed by atoms with Crippen LogP contribution in [0.1, 0.15) is 131 Å². The van der Waals surface area contributed by atoms with Crippen LogP contribution in [-0.4, -0.2) is 195 Å². The van der Waals surface area contributed by atoms with E-state index < -0.39 is 7.12 Å². The molecular weight excluding hydrogens is 1370 g/mol. The Balaban J connectivity index is 0.000000145. The summed E-state index contributed by atoms with van der Waals surface area (Å²) in [5, 5.41) is 11.7. The van der Waals surface area contributed by atoms with Crippen molar-refractivity contribution in [2.24, 2.45) is 22.7 Å². The number of Topliss-reactive ketones (excluding diaryl/α,β-unsaturated/α-hetero) is 3. The molecule has 0 bridgehead atoms. The molecule has 0 spiro atoms. The third-order valence-corrected chi connectivity index (χ3v) is 21.3. The first-order chi connectivity index (χ1) is 50.9. The fourth-order valence-electron chi connectivity index (χ4n) is 13.8. The van der Waals surface area contributed by atoms with E-state index in [2.05, 4.69) is 122 Å². The van der Waals surface area contributed by atoms with Gasteiger partial charge in [-0.2, -0.15) is 10.2 Å². The number of rotatable bonds is 18. The van der Waals surface area contributed by atoms with E-state index in [1.807, 2.05) is 91.1 Å². The number of likely N-dealkylation sites (tertiary alicyclic amines) is 3. The molecule has 0 amide bonds. The number of carbonyl (C=O) groups excluding carboxylic acids is 3. The highest BCUT2D eigenvalue weighted by Gasteiger charge is 2.52. The molecule has 8 aromatic heterocycles. The van der Waals surface area contributed by atoms with Crippen molar-refractivity contribution in [3.05, 3.63) is 179 Å². The lowest BCUT2D eigenvalue weighted by Gasteiger charge is -2.32. The molecule has 24 nitrogen and oxygen atoms in total. The van der Waals surface area contributed by atoms with Gasteiger partial charge in [0.2, 0.25) is 0 Å². The zero-order valence-corrected chi connectivity index (χ0v) is 63.7. The second-order valence-corrected chi connectivity index (χ2v) is 29.8. The van der Waals surface area contributed by atoms with E-state index in [1.165, 1.54) is 6.20 Å². The van der Waals surface area contributed by atoms with Crippen molar-refractivity contribution in [2.75, 3.05) is 74.6 Å². The smallest absolute Gasteiger partial charge is 0.496 e. The van der Waals surface area contributed by atoms with Crippen molar-refractivity contribution in [3.8, 4) is 34.0 Å². The number of methoxy groups -OCH3 is 2. The van der Waals surface area contributed by atoms with Gasteiger partial charge in [-0.1, -0.05) is 43.3 Å². The molecular formula is C81H99BClN17O7. The maximum absolute atomic E-state index is 12.8. The maximum atomic E-state index is 12.8. The van der Waals surface area contributed by atoms with Crippen molar-refractivity contribution in [3.63, 3.8) is 0 Å². The third kappa shape index (κ3) is 19.6. The average Bonchev–Trinajstić information content (AvgIpc) is 1.47. The van der Waals surface area contributed by atoms with Gasteiger partial charge in [0.1, 0.15) is 34.0 Å². The molecule has 0 N–H and O–H groups in total. The highest BCUT2D eigenvalue weighted by Crippen LogP contribution is 2.37. The summed E-state index contributed by atoms with van der Waals surface area (Å²) in [7, 11) is 9.20. The molecule has 15 rings (SSSR count). The summed E-state index contributed by atoms with van der Waals surface area (Å²) < 4.78 is 26.6. The van der Waals surface area contributed by atoms with Gasteiger partial charge in [-0.15, -0.1) is 0 Å². The molecule has 0 aliphatic carbocycles. The molecule has 4 saturated heterocycles. The van der Waals surface area contributed by atoms with Crippen LogP contribution in [0, 0.1) is 31.6 Å². The summed E-state index contributed by atoms with van der Waals surface area (Å²) in [6, 6.07) is 22.2. The van der Waals surface area contributed by atoms with Gasteiger partial charge in [-0.25, -0.2) is 34.3 Å². The van der Waals surface area contributed by atoms with E-state index in [0.717, 1.165) is 185 Å². The first-order valence-electron chi connectivity index (χ1n) is 36.5. The summed E-state index contributed by atoms with van der Waals surface area (Å²) in [4.78, 5) is 88.7. The summed E-state index contributed by atoms with van der Waals surface area (Å²) in [6.45, 7) is 22.0. The lowest BCUT2D eigenvalue weighted by atomic mass is 9.80. The molecule has 2 aromatic carbocycles.